The number of hydrogen-bond acceptors (Lipinski definition) is 8. The van der Waals surface area contributed by atoms with E-state index in [1.165, 1.54) is 4.90 Å². The maximum Gasteiger partial charge on any atom is 0.151 e. The van der Waals surface area contributed by atoms with Gasteiger partial charge in [-0.15, -0.1) is 5.11 Å². The summed E-state index contributed by atoms with van der Waals surface area (Å²) in [5, 5.41) is 38.4. The predicted molar refractivity (Wildman–Crippen MR) is 89.1 cm³/mol. The highest BCUT2D eigenvalue weighted by atomic mass is 15.5. The van der Waals surface area contributed by atoms with Gasteiger partial charge in [-0.05, 0) is 24.3 Å². The van der Waals surface area contributed by atoms with E-state index in [2.05, 4.69) is 25.9 Å². The zero-order valence-corrected chi connectivity index (χ0v) is 14.1. The normalized spacial score (nSPS) is 11.8. The van der Waals surface area contributed by atoms with Crippen LogP contribution in [0.2, 0.25) is 0 Å². The third-order valence-electron chi connectivity index (χ3n) is 2.74. The Morgan fingerprint density at radius 3 is 2.08 bits per heavy atom. The van der Waals surface area contributed by atoms with Crippen LogP contribution < -0.4 is 5.32 Å². The summed E-state index contributed by atoms with van der Waals surface area (Å²) >= 11 is 0. The van der Waals surface area contributed by atoms with Crippen LogP contribution in [0.25, 0.3) is 0 Å². The van der Waals surface area contributed by atoms with Crippen LogP contribution in [-0.2, 0) is 0 Å². The molecule has 0 radical (unpaired) electrons. The molecule has 1 N–H and O–H groups in total. The smallest absolute Gasteiger partial charge is 0.151 e. The molecule has 0 aliphatic rings. The number of allylic oxidation sites excluding steroid dienone is 2. The van der Waals surface area contributed by atoms with Crippen molar-refractivity contribution in [2.45, 2.75) is 0 Å². The first-order valence-corrected chi connectivity index (χ1v) is 7.01. The molecule has 0 saturated heterocycles. The van der Waals surface area contributed by atoms with Crippen molar-refractivity contribution in [3.8, 4) is 12.1 Å². The van der Waals surface area contributed by atoms with Gasteiger partial charge >= 0.3 is 0 Å². The summed E-state index contributed by atoms with van der Waals surface area (Å²) in [6.07, 6.45) is 0. The summed E-state index contributed by atoms with van der Waals surface area (Å²) < 4.78 is 0. The molecule has 9 nitrogen and oxygen atoms in total. The molecule has 1 aromatic carbocycles. The quantitative estimate of drug-likeness (QED) is 0.470. The fourth-order valence-electron chi connectivity index (χ4n) is 1.57. The number of azo groups is 1. The van der Waals surface area contributed by atoms with E-state index in [1.807, 2.05) is 12.1 Å². The highest BCUT2D eigenvalue weighted by Crippen LogP contribution is 2.19. The number of nitrogens with one attached hydrogen (secondary N) is 1. The topological polar surface area (TPSA) is 116 Å². The lowest BCUT2D eigenvalue weighted by Gasteiger charge is -2.15. The minimum absolute atomic E-state index is 0.151. The molecule has 9 heteroatoms. The van der Waals surface area contributed by atoms with Gasteiger partial charge in [0.1, 0.15) is 24.5 Å². The molecule has 1 rings (SSSR count). The lowest BCUT2D eigenvalue weighted by Crippen LogP contribution is -2.21. The summed E-state index contributed by atoms with van der Waals surface area (Å²) in [5.41, 5.74) is 1.76. The van der Waals surface area contributed by atoms with Crippen molar-refractivity contribution >= 4 is 11.4 Å². The highest BCUT2D eigenvalue weighted by molar-refractivity contribution is 5.46. The van der Waals surface area contributed by atoms with Crippen molar-refractivity contribution in [3.63, 3.8) is 0 Å². The van der Waals surface area contributed by atoms with Crippen molar-refractivity contribution in [2.75, 3.05) is 34.9 Å². The first-order chi connectivity index (χ1) is 11.5. The molecule has 0 heterocycles. The molecule has 0 aliphatic heterocycles. The second-order valence-corrected chi connectivity index (χ2v) is 4.83. The lowest BCUT2D eigenvalue weighted by molar-refractivity contribution is 0.408. The Hall–Kier alpha value is -3.46. The van der Waals surface area contributed by atoms with Gasteiger partial charge in [0.05, 0.1) is 11.4 Å². The molecule has 0 spiro atoms. The number of nitrogens with zero attached hydrogens (tertiary/aromatic N) is 8. The van der Waals surface area contributed by atoms with E-state index >= 15 is 0 Å². The van der Waals surface area contributed by atoms with Gasteiger partial charge in [0.2, 0.25) is 0 Å². The van der Waals surface area contributed by atoms with Gasteiger partial charge in [0.25, 0.3) is 0 Å². The average Bonchev–Trinajstić information content (AvgIpc) is 2.58. The van der Waals surface area contributed by atoms with E-state index in [4.69, 9.17) is 10.5 Å². The van der Waals surface area contributed by atoms with Gasteiger partial charge in [-0.2, -0.15) is 20.8 Å². The van der Waals surface area contributed by atoms with Crippen LogP contribution in [-0.4, -0.2) is 44.8 Å². The third-order valence-corrected chi connectivity index (χ3v) is 2.74. The van der Waals surface area contributed by atoms with Crippen molar-refractivity contribution in [1.29, 1.82) is 10.5 Å². The molecule has 0 atom stereocenters. The Kier molecular flexibility index (Phi) is 7.39. The fraction of sp³-hybridized carbons (Fsp3) is 0.333. The number of rotatable bonds is 7. The Balaban J connectivity index is 2.72. The van der Waals surface area contributed by atoms with Gasteiger partial charge in [-0.1, -0.05) is 5.22 Å². The maximum atomic E-state index is 9.13. The minimum atomic E-state index is 0.151. The summed E-state index contributed by atoms with van der Waals surface area (Å²) in [6, 6.07) is 11.0. The summed E-state index contributed by atoms with van der Waals surface area (Å²) in [7, 11) is 6.83. The largest absolute Gasteiger partial charge is 0.377 e. The third kappa shape index (κ3) is 5.73. The predicted octanol–water partition coefficient (Wildman–Crippen LogP) is 2.70. The Morgan fingerprint density at radius 2 is 1.62 bits per heavy atom. The zero-order valence-electron chi connectivity index (χ0n) is 14.1. The molecule has 0 saturated carbocycles. The standard InChI is InChI=1S/C15H19N9/c1-18-14(9-16)15(10-17)24(4)11-19-20-12-5-7-13(8-6-12)21-22-23(2)3/h5-8,18H,11H2,1-4H3/b15-14-,20-19?,22-21?. The van der Waals surface area contributed by atoms with Gasteiger partial charge in [-0.25, -0.2) is 0 Å². The molecule has 24 heavy (non-hydrogen) atoms. The van der Waals surface area contributed by atoms with Crippen LogP contribution in [0.3, 0.4) is 0 Å². The molecule has 0 fully saturated rings. The van der Waals surface area contributed by atoms with E-state index < -0.39 is 0 Å². The molecule has 1 aromatic rings. The van der Waals surface area contributed by atoms with Crippen molar-refractivity contribution in [3.05, 3.63) is 35.7 Å². The fourth-order valence-corrected chi connectivity index (χ4v) is 1.57. The molecule has 124 valence electrons. The van der Waals surface area contributed by atoms with Crippen LogP contribution in [0.4, 0.5) is 11.4 Å². The second-order valence-electron chi connectivity index (χ2n) is 4.83. The number of nitriles is 2. The summed E-state index contributed by atoms with van der Waals surface area (Å²) in [5.74, 6) is 0. The SMILES string of the molecule is CN/C(C#N)=C(/C#N)N(C)CN=Nc1ccc(N=NN(C)C)cc1. The first kappa shape index (κ1) is 18.6. The summed E-state index contributed by atoms with van der Waals surface area (Å²) in [6.45, 7) is 0.151. The first-order valence-electron chi connectivity index (χ1n) is 7.01. The average molecular weight is 325 g/mol. The Morgan fingerprint density at radius 1 is 1.04 bits per heavy atom. The van der Waals surface area contributed by atoms with Crippen LogP contribution >= 0.6 is 0 Å². The number of benzene rings is 1. The molecule has 0 amide bonds. The van der Waals surface area contributed by atoms with Crippen molar-refractivity contribution < 1.29 is 0 Å². The van der Waals surface area contributed by atoms with Crippen LogP contribution in [0.15, 0.2) is 56.2 Å². The molecule has 0 aliphatic carbocycles. The monoisotopic (exact) mass is 325 g/mol. The molecule has 0 aromatic heterocycles. The lowest BCUT2D eigenvalue weighted by atomic mass is 10.3. The molecule has 0 bridgehead atoms. The van der Waals surface area contributed by atoms with Crippen LogP contribution in [0.5, 0.6) is 0 Å². The van der Waals surface area contributed by atoms with E-state index in [9.17, 15) is 0 Å². The van der Waals surface area contributed by atoms with E-state index in [0.717, 1.165) is 0 Å². The highest BCUT2D eigenvalue weighted by Gasteiger charge is 2.09. The Labute approximate surface area is 141 Å². The van der Waals surface area contributed by atoms with E-state index in [0.29, 0.717) is 11.4 Å². The molecular formula is C15H19N9. The van der Waals surface area contributed by atoms with Crippen molar-refractivity contribution in [2.24, 2.45) is 20.6 Å². The number of hydrogen-bond donors (Lipinski definition) is 1. The van der Waals surface area contributed by atoms with Gasteiger partial charge in [0.15, 0.2) is 5.70 Å². The van der Waals surface area contributed by atoms with Crippen LogP contribution in [0, 0.1) is 22.7 Å². The Bertz CT molecular complexity index is 702. The minimum Gasteiger partial charge on any atom is -0.377 e. The van der Waals surface area contributed by atoms with Crippen molar-refractivity contribution in [1.82, 2.24) is 15.2 Å². The van der Waals surface area contributed by atoms with Crippen LogP contribution in [0.1, 0.15) is 0 Å². The van der Waals surface area contributed by atoms with E-state index in [1.54, 1.807) is 57.5 Å². The maximum absolute atomic E-state index is 9.13. The zero-order chi connectivity index (χ0) is 17.9. The van der Waals surface area contributed by atoms with Gasteiger partial charge in [-0.3, -0.25) is 5.01 Å². The van der Waals surface area contributed by atoms with E-state index in [-0.39, 0.29) is 18.1 Å². The van der Waals surface area contributed by atoms with Gasteiger partial charge < -0.3 is 10.2 Å². The van der Waals surface area contributed by atoms with Gasteiger partial charge in [0, 0.05) is 28.2 Å². The molecular weight excluding hydrogens is 306 g/mol. The summed E-state index contributed by atoms with van der Waals surface area (Å²) in [4.78, 5) is 1.54. The molecule has 0 unspecified atom stereocenters. The second kappa shape index (κ2) is 9.54.